The molecular formula is C9H11N3O3. The maximum Gasteiger partial charge on any atom is 0.321 e. The molecule has 0 heterocycles. The largest absolute Gasteiger partial charge is 0.331 e. The molecule has 0 bridgehead atoms. The van der Waals surface area contributed by atoms with Gasteiger partial charge in [-0.2, -0.15) is 0 Å². The number of carbonyl (C=O) groups is 1. The smallest absolute Gasteiger partial charge is 0.321 e. The van der Waals surface area contributed by atoms with E-state index in [0.29, 0.717) is 5.69 Å². The lowest BCUT2D eigenvalue weighted by molar-refractivity contribution is -0.384. The van der Waals surface area contributed by atoms with Crippen molar-refractivity contribution >= 4 is 17.4 Å². The van der Waals surface area contributed by atoms with Gasteiger partial charge in [-0.1, -0.05) is 0 Å². The fourth-order valence-corrected chi connectivity index (χ4v) is 0.902. The van der Waals surface area contributed by atoms with Crippen LogP contribution in [0.1, 0.15) is 0 Å². The van der Waals surface area contributed by atoms with Crippen LogP contribution >= 0.6 is 0 Å². The van der Waals surface area contributed by atoms with Gasteiger partial charge in [-0.3, -0.25) is 10.1 Å². The van der Waals surface area contributed by atoms with Crippen LogP contribution in [-0.4, -0.2) is 29.9 Å². The lowest BCUT2D eigenvalue weighted by Crippen LogP contribution is -2.27. The molecule has 0 unspecified atom stereocenters. The van der Waals surface area contributed by atoms with Crippen LogP contribution in [0.4, 0.5) is 16.2 Å². The summed E-state index contributed by atoms with van der Waals surface area (Å²) < 4.78 is 0. The first-order chi connectivity index (χ1) is 7.00. The van der Waals surface area contributed by atoms with E-state index in [9.17, 15) is 14.9 Å². The minimum Gasteiger partial charge on any atom is -0.331 e. The zero-order valence-corrected chi connectivity index (χ0v) is 8.43. The van der Waals surface area contributed by atoms with Gasteiger partial charge in [0.1, 0.15) is 0 Å². The van der Waals surface area contributed by atoms with Gasteiger partial charge in [0.2, 0.25) is 0 Å². The van der Waals surface area contributed by atoms with E-state index in [1.54, 1.807) is 14.1 Å². The minimum absolute atomic E-state index is 0.00199. The molecule has 1 N–H and O–H groups in total. The van der Waals surface area contributed by atoms with E-state index in [0.717, 1.165) is 0 Å². The van der Waals surface area contributed by atoms with Crippen molar-refractivity contribution in [1.29, 1.82) is 0 Å². The van der Waals surface area contributed by atoms with Gasteiger partial charge < -0.3 is 10.2 Å². The molecule has 0 saturated carbocycles. The van der Waals surface area contributed by atoms with Crippen LogP contribution in [0.2, 0.25) is 0 Å². The number of rotatable bonds is 2. The average Bonchev–Trinajstić information content (AvgIpc) is 2.18. The number of benzene rings is 1. The van der Waals surface area contributed by atoms with E-state index in [2.05, 4.69) is 5.32 Å². The number of carbonyl (C=O) groups excluding carboxylic acids is 1. The molecule has 1 aromatic carbocycles. The summed E-state index contributed by atoms with van der Waals surface area (Å²) in [7, 11) is 3.22. The Morgan fingerprint density at radius 2 is 1.87 bits per heavy atom. The third kappa shape index (κ3) is 2.94. The van der Waals surface area contributed by atoms with E-state index < -0.39 is 4.92 Å². The summed E-state index contributed by atoms with van der Waals surface area (Å²) in [5.74, 6) is 0. The molecule has 0 aliphatic heterocycles. The summed E-state index contributed by atoms with van der Waals surface area (Å²) in [5, 5.41) is 12.9. The van der Waals surface area contributed by atoms with E-state index in [4.69, 9.17) is 0 Å². The van der Waals surface area contributed by atoms with Crippen LogP contribution in [0.25, 0.3) is 0 Å². The van der Waals surface area contributed by atoms with Gasteiger partial charge in [-0.25, -0.2) is 4.79 Å². The number of amides is 2. The monoisotopic (exact) mass is 209 g/mol. The molecule has 1 aromatic rings. The number of nitrogens with zero attached hydrogens (tertiary/aromatic N) is 2. The molecule has 0 aromatic heterocycles. The predicted molar refractivity (Wildman–Crippen MR) is 55.8 cm³/mol. The van der Waals surface area contributed by atoms with E-state index in [1.165, 1.54) is 29.2 Å². The predicted octanol–water partition coefficient (Wildman–Crippen LogP) is 1.69. The highest BCUT2D eigenvalue weighted by Gasteiger charge is 2.06. The Hall–Kier alpha value is -2.11. The van der Waals surface area contributed by atoms with Crippen molar-refractivity contribution in [2.24, 2.45) is 0 Å². The first-order valence-corrected chi connectivity index (χ1v) is 4.23. The van der Waals surface area contributed by atoms with Crippen molar-refractivity contribution in [2.45, 2.75) is 0 Å². The fourth-order valence-electron chi connectivity index (χ4n) is 0.902. The quantitative estimate of drug-likeness (QED) is 0.594. The van der Waals surface area contributed by atoms with Gasteiger partial charge in [0.25, 0.3) is 5.69 Å². The number of hydrogen-bond donors (Lipinski definition) is 1. The standard InChI is InChI=1S/C9H11N3O3/c1-11(2)9(13)10-7-3-5-8(6-4-7)12(14)15/h3-6H,1-2H3,(H,10,13). The second-order valence-electron chi connectivity index (χ2n) is 3.13. The van der Waals surface area contributed by atoms with Crippen LogP contribution in [0.15, 0.2) is 24.3 Å². The molecule has 6 heteroatoms. The summed E-state index contributed by atoms with van der Waals surface area (Å²) in [6, 6.07) is 5.37. The molecule has 0 aliphatic rings. The average molecular weight is 209 g/mol. The van der Waals surface area contributed by atoms with Crippen molar-refractivity contribution in [3.8, 4) is 0 Å². The molecule has 1 rings (SSSR count). The molecule has 0 radical (unpaired) electrons. The Morgan fingerprint density at radius 1 is 1.33 bits per heavy atom. The topological polar surface area (TPSA) is 75.5 Å². The molecule has 0 spiro atoms. The number of anilines is 1. The Bertz CT molecular complexity index is 373. The lowest BCUT2D eigenvalue weighted by Gasteiger charge is -2.11. The van der Waals surface area contributed by atoms with E-state index >= 15 is 0 Å². The molecule has 0 aliphatic carbocycles. The number of nitrogens with one attached hydrogen (secondary N) is 1. The number of nitro groups is 1. The minimum atomic E-state index is -0.489. The first kappa shape index (κ1) is 11.0. The van der Waals surface area contributed by atoms with Crippen LogP contribution in [0, 0.1) is 10.1 Å². The van der Waals surface area contributed by atoms with Crippen molar-refractivity contribution < 1.29 is 9.72 Å². The second kappa shape index (κ2) is 4.41. The Kier molecular flexibility index (Phi) is 3.22. The van der Waals surface area contributed by atoms with Crippen molar-refractivity contribution in [3.05, 3.63) is 34.4 Å². The van der Waals surface area contributed by atoms with Gasteiger partial charge >= 0.3 is 6.03 Å². The number of hydrogen-bond acceptors (Lipinski definition) is 3. The Labute approximate surface area is 86.7 Å². The lowest BCUT2D eigenvalue weighted by atomic mass is 10.3. The number of non-ortho nitro benzene ring substituents is 1. The molecule has 0 fully saturated rings. The van der Waals surface area contributed by atoms with Crippen molar-refractivity contribution in [3.63, 3.8) is 0 Å². The third-order valence-corrected chi connectivity index (χ3v) is 1.74. The highest BCUT2D eigenvalue weighted by Crippen LogP contribution is 2.15. The van der Waals surface area contributed by atoms with Crippen LogP contribution in [-0.2, 0) is 0 Å². The first-order valence-electron chi connectivity index (χ1n) is 4.23. The Morgan fingerprint density at radius 3 is 2.27 bits per heavy atom. The zero-order chi connectivity index (χ0) is 11.4. The molecule has 80 valence electrons. The summed E-state index contributed by atoms with van der Waals surface area (Å²) in [4.78, 5) is 22.5. The van der Waals surface area contributed by atoms with Gasteiger partial charge in [-0.05, 0) is 12.1 Å². The summed E-state index contributed by atoms with van der Waals surface area (Å²) in [6.45, 7) is 0. The molecule has 6 nitrogen and oxygen atoms in total. The van der Waals surface area contributed by atoms with Gasteiger partial charge in [0, 0.05) is 31.9 Å². The SMILES string of the molecule is CN(C)C(=O)Nc1ccc([N+](=O)[O-])cc1. The molecule has 0 saturated heterocycles. The van der Waals surface area contributed by atoms with Gasteiger partial charge in [0.15, 0.2) is 0 Å². The molecule has 0 atom stereocenters. The second-order valence-corrected chi connectivity index (χ2v) is 3.13. The zero-order valence-electron chi connectivity index (χ0n) is 8.43. The van der Waals surface area contributed by atoms with Crippen molar-refractivity contribution in [2.75, 3.05) is 19.4 Å². The molecule has 15 heavy (non-hydrogen) atoms. The highest BCUT2D eigenvalue weighted by molar-refractivity contribution is 5.88. The van der Waals surface area contributed by atoms with Crippen LogP contribution in [0.5, 0.6) is 0 Å². The fraction of sp³-hybridized carbons (Fsp3) is 0.222. The molecular weight excluding hydrogens is 198 g/mol. The summed E-state index contributed by atoms with van der Waals surface area (Å²) in [5.41, 5.74) is 0.525. The van der Waals surface area contributed by atoms with E-state index in [1.807, 2.05) is 0 Å². The summed E-state index contributed by atoms with van der Waals surface area (Å²) >= 11 is 0. The number of nitro benzene ring substituents is 1. The van der Waals surface area contributed by atoms with Gasteiger partial charge in [0.05, 0.1) is 4.92 Å². The maximum absolute atomic E-state index is 11.2. The molecule has 2 amide bonds. The normalized spacial score (nSPS) is 9.47. The summed E-state index contributed by atoms with van der Waals surface area (Å²) in [6.07, 6.45) is 0. The number of urea groups is 1. The van der Waals surface area contributed by atoms with Crippen molar-refractivity contribution in [1.82, 2.24) is 4.90 Å². The van der Waals surface area contributed by atoms with Crippen LogP contribution < -0.4 is 5.32 Å². The van der Waals surface area contributed by atoms with E-state index in [-0.39, 0.29) is 11.7 Å². The third-order valence-electron chi connectivity index (χ3n) is 1.74. The van der Waals surface area contributed by atoms with Crippen LogP contribution in [0.3, 0.4) is 0 Å². The highest BCUT2D eigenvalue weighted by atomic mass is 16.6. The van der Waals surface area contributed by atoms with Gasteiger partial charge in [-0.15, -0.1) is 0 Å². The maximum atomic E-state index is 11.2. The Balaban J connectivity index is 2.73.